The van der Waals surface area contributed by atoms with Gasteiger partial charge in [0.05, 0.1) is 11.9 Å². The molecule has 1 atom stereocenters. The maximum absolute atomic E-state index is 13.2. The van der Waals surface area contributed by atoms with Crippen LogP contribution in [-0.4, -0.2) is 50.5 Å². The van der Waals surface area contributed by atoms with Gasteiger partial charge in [-0.2, -0.15) is 0 Å². The molecule has 0 aromatic heterocycles. The Morgan fingerprint density at radius 1 is 1.12 bits per heavy atom. The van der Waals surface area contributed by atoms with Gasteiger partial charge in [-0.25, -0.2) is 8.42 Å². The van der Waals surface area contributed by atoms with Crippen LogP contribution in [0.3, 0.4) is 0 Å². The molecular weight excluding hydrogens is 462 g/mol. The molecule has 0 aliphatic rings. The van der Waals surface area contributed by atoms with E-state index in [2.05, 4.69) is 5.32 Å². The molecule has 2 amide bonds. The van der Waals surface area contributed by atoms with Gasteiger partial charge in [0.25, 0.3) is 0 Å². The Kier molecular flexibility index (Phi) is 9.73. The molecule has 0 saturated carbocycles. The number of nitrogens with zero attached hydrogens (tertiary/aromatic N) is 2. The molecule has 180 valence electrons. The average molecular weight is 494 g/mol. The van der Waals surface area contributed by atoms with E-state index in [1.165, 1.54) is 9.21 Å². The highest BCUT2D eigenvalue weighted by atomic mass is 35.5. The zero-order chi connectivity index (χ0) is 24.6. The van der Waals surface area contributed by atoms with Crippen molar-refractivity contribution in [3.8, 4) is 0 Å². The van der Waals surface area contributed by atoms with E-state index in [1.54, 1.807) is 37.3 Å². The minimum atomic E-state index is -3.52. The lowest BCUT2D eigenvalue weighted by Crippen LogP contribution is -2.47. The first-order valence-electron chi connectivity index (χ1n) is 10.9. The molecule has 1 N–H and O–H groups in total. The van der Waals surface area contributed by atoms with Gasteiger partial charge < -0.3 is 10.2 Å². The fourth-order valence-electron chi connectivity index (χ4n) is 3.56. The smallest absolute Gasteiger partial charge is 0.242 e. The molecule has 2 rings (SSSR count). The lowest BCUT2D eigenvalue weighted by molar-refractivity contribution is -0.140. The lowest BCUT2D eigenvalue weighted by Gasteiger charge is -2.29. The van der Waals surface area contributed by atoms with Crippen molar-refractivity contribution >= 4 is 39.1 Å². The van der Waals surface area contributed by atoms with E-state index in [0.717, 1.165) is 17.4 Å². The summed E-state index contributed by atoms with van der Waals surface area (Å²) in [6.45, 7) is 6.20. The van der Waals surface area contributed by atoms with Crippen molar-refractivity contribution in [1.82, 2.24) is 10.2 Å². The summed E-state index contributed by atoms with van der Waals surface area (Å²) in [6.07, 6.45) is 1.57. The van der Waals surface area contributed by atoms with E-state index in [4.69, 9.17) is 11.6 Å². The summed E-state index contributed by atoms with van der Waals surface area (Å²) in [7, 11) is -3.52. The first-order chi connectivity index (χ1) is 15.5. The fraction of sp³-hybridized carbons (Fsp3) is 0.417. The maximum Gasteiger partial charge on any atom is 0.242 e. The Bertz CT molecular complexity index is 1070. The zero-order valence-corrected chi connectivity index (χ0v) is 21.1. The second-order valence-electron chi connectivity index (χ2n) is 7.95. The molecule has 33 heavy (non-hydrogen) atoms. The molecule has 7 nitrogen and oxygen atoms in total. The van der Waals surface area contributed by atoms with Gasteiger partial charge in [0.1, 0.15) is 6.04 Å². The first kappa shape index (κ1) is 26.7. The highest BCUT2D eigenvalue weighted by molar-refractivity contribution is 7.92. The van der Waals surface area contributed by atoms with Crippen molar-refractivity contribution in [1.29, 1.82) is 0 Å². The third kappa shape index (κ3) is 7.75. The Balaban J connectivity index is 2.16. The molecule has 0 saturated heterocycles. The van der Waals surface area contributed by atoms with Gasteiger partial charge in [-0.1, -0.05) is 41.9 Å². The fourth-order valence-corrected chi connectivity index (χ4v) is 4.80. The largest absolute Gasteiger partial charge is 0.355 e. The highest BCUT2D eigenvalue weighted by Crippen LogP contribution is 2.23. The van der Waals surface area contributed by atoms with E-state index in [0.29, 0.717) is 23.7 Å². The minimum Gasteiger partial charge on any atom is -0.355 e. The first-order valence-corrected chi connectivity index (χ1v) is 13.1. The summed E-state index contributed by atoms with van der Waals surface area (Å²) in [5.41, 5.74) is 2.24. The Hall–Kier alpha value is -2.58. The summed E-state index contributed by atoms with van der Waals surface area (Å²) >= 11 is 6.09. The molecule has 2 aromatic carbocycles. The van der Waals surface area contributed by atoms with Gasteiger partial charge in [-0.15, -0.1) is 0 Å². The van der Waals surface area contributed by atoms with Gasteiger partial charge >= 0.3 is 0 Å². The van der Waals surface area contributed by atoms with Gasteiger partial charge in [0.2, 0.25) is 21.8 Å². The van der Waals surface area contributed by atoms with Crippen molar-refractivity contribution in [2.24, 2.45) is 0 Å². The second kappa shape index (κ2) is 12.0. The minimum absolute atomic E-state index is 0.0994. The Labute approximate surface area is 201 Å². The van der Waals surface area contributed by atoms with Gasteiger partial charge in [0.15, 0.2) is 0 Å². The van der Waals surface area contributed by atoms with Crippen LogP contribution >= 0.6 is 11.6 Å². The summed E-state index contributed by atoms with van der Waals surface area (Å²) in [5, 5.41) is 3.30. The second-order valence-corrected chi connectivity index (χ2v) is 10.3. The molecule has 0 aliphatic heterocycles. The molecular formula is C24H32ClN3O4S. The normalized spacial score (nSPS) is 12.2. The van der Waals surface area contributed by atoms with Crippen molar-refractivity contribution < 1.29 is 18.0 Å². The van der Waals surface area contributed by atoms with E-state index in [-0.39, 0.29) is 31.3 Å². The van der Waals surface area contributed by atoms with Gasteiger partial charge in [-0.3, -0.25) is 13.9 Å². The van der Waals surface area contributed by atoms with Crippen LogP contribution in [0.5, 0.6) is 0 Å². The van der Waals surface area contributed by atoms with Crippen LogP contribution in [0.15, 0.2) is 48.5 Å². The number of nitrogens with one attached hydrogen (secondary N) is 1. The van der Waals surface area contributed by atoms with Gasteiger partial charge in [-0.05, 0) is 56.5 Å². The number of sulfonamides is 1. The number of para-hydroxylation sites is 1. The molecule has 1 unspecified atom stereocenters. The predicted molar refractivity (Wildman–Crippen MR) is 133 cm³/mol. The summed E-state index contributed by atoms with van der Waals surface area (Å²) in [4.78, 5) is 27.1. The van der Waals surface area contributed by atoms with Gasteiger partial charge in [0, 0.05) is 31.1 Å². The number of carbonyl (C=O) groups excluding carboxylic acids is 2. The average Bonchev–Trinajstić information content (AvgIpc) is 2.74. The van der Waals surface area contributed by atoms with Crippen LogP contribution in [0.1, 0.15) is 37.8 Å². The molecule has 0 heterocycles. The standard InChI is InChI=1S/C24H32ClN3O4S/c1-5-26-24(30)19(3)27(17-20-11-8-12-21(25)16-20)23(29)14-9-15-28(33(4,31)32)22-13-7-6-10-18(22)2/h6-8,10-13,16,19H,5,9,14-15,17H2,1-4H3,(H,26,30). The molecule has 0 radical (unpaired) electrons. The van der Waals surface area contributed by atoms with Crippen molar-refractivity contribution in [2.45, 2.75) is 46.2 Å². The van der Waals surface area contributed by atoms with E-state index in [9.17, 15) is 18.0 Å². The van der Waals surface area contributed by atoms with Crippen LogP contribution in [0.25, 0.3) is 0 Å². The van der Waals surface area contributed by atoms with Crippen molar-refractivity contribution in [3.05, 3.63) is 64.7 Å². The number of likely N-dealkylation sites (N-methyl/N-ethyl adjacent to an activating group) is 1. The summed E-state index contributed by atoms with van der Waals surface area (Å²) < 4.78 is 26.1. The Morgan fingerprint density at radius 2 is 1.82 bits per heavy atom. The van der Waals surface area contributed by atoms with Crippen LogP contribution in [0.4, 0.5) is 5.69 Å². The topological polar surface area (TPSA) is 86.8 Å². The molecule has 0 bridgehead atoms. The maximum atomic E-state index is 13.2. The molecule has 2 aromatic rings. The molecule has 0 fully saturated rings. The number of benzene rings is 2. The lowest BCUT2D eigenvalue weighted by atomic mass is 10.1. The number of hydrogen-bond acceptors (Lipinski definition) is 4. The number of anilines is 1. The van der Waals surface area contributed by atoms with Crippen molar-refractivity contribution in [3.63, 3.8) is 0 Å². The predicted octanol–water partition coefficient (Wildman–Crippen LogP) is 3.75. The number of hydrogen-bond donors (Lipinski definition) is 1. The van der Waals surface area contributed by atoms with E-state index >= 15 is 0 Å². The van der Waals surface area contributed by atoms with E-state index in [1.807, 2.05) is 32.0 Å². The number of halogens is 1. The Morgan fingerprint density at radius 3 is 2.42 bits per heavy atom. The SMILES string of the molecule is CCNC(=O)C(C)N(Cc1cccc(Cl)c1)C(=O)CCCN(c1ccccc1C)S(C)(=O)=O. The molecule has 0 spiro atoms. The van der Waals surface area contributed by atoms with Crippen LogP contribution < -0.4 is 9.62 Å². The van der Waals surface area contributed by atoms with Crippen LogP contribution in [0.2, 0.25) is 5.02 Å². The van der Waals surface area contributed by atoms with Crippen LogP contribution in [-0.2, 0) is 26.2 Å². The molecule has 9 heteroatoms. The number of carbonyl (C=O) groups is 2. The quantitative estimate of drug-likeness (QED) is 0.516. The van der Waals surface area contributed by atoms with Crippen LogP contribution in [0, 0.1) is 6.92 Å². The van der Waals surface area contributed by atoms with Crippen molar-refractivity contribution in [2.75, 3.05) is 23.7 Å². The third-order valence-electron chi connectivity index (χ3n) is 5.30. The number of rotatable bonds is 11. The highest BCUT2D eigenvalue weighted by Gasteiger charge is 2.26. The zero-order valence-electron chi connectivity index (χ0n) is 19.5. The number of aryl methyl sites for hydroxylation is 1. The van der Waals surface area contributed by atoms with E-state index < -0.39 is 16.1 Å². The number of amides is 2. The summed E-state index contributed by atoms with van der Waals surface area (Å²) in [6, 6.07) is 13.7. The third-order valence-corrected chi connectivity index (χ3v) is 6.71. The molecule has 0 aliphatic carbocycles. The summed E-state index contributed by atoms with van der Waals surface area (Å²) in [5.74, 6) is -0.475. The monoisotopic (exact) mass is 493 g/mol.